The number of aliphatic hydroxyl groups is 5. The van der Waals surface area contributed by atoms with Crippen LogP contribution in [0.5, 0.6) is 11.5 Å². The number of aliphatic hydroxyl groups excluding tert-OH is 5. The average molecular weight is 451 g/mol. The van der Waals surface area contributed by atoms with Gasteiger partial charge in [-0.15, -0.1) is 0 Å². The normalized spacial score (nSPS) is 45.6. The first-order valence-electron chi connectivity index (χ1n) is 11.8. The zero-order valence-electron chi connectivity index (χ0n) is 18.3. The fourth-order valence-corrected chi connectivity index (χ4v) is 6.94. The van der Waals surface area contributed by atoms with Crippen LogP contribution in [0.15, 0.2) is 12.1 Å². The van der Waals surface area contributed by atoms with Gasteiger partial charge in [0.15, 0.2) is 11.5 Å². The van der Waals surface area contributed by atoms with Crippen LogP contribution >= 0.6 is 0 Å². The Balaban J connectivity index is 1.38. The van der Waals surface area contributed by atoms with E-state index in [1.807, 2.05) is 0 Å². The van der Waals surface area contributed by atoms with Crippen molar-refractivity contribution >= 4 is 0 Å². The summed E-state index contributed by atoms with van der Waals surface area (Å²) < 4.78 is 11.1. The summed E-state index contributed by atoms with van der Waals surface area (Å²) in [5.41, 5.74) is 2.21. The van der Waals surface area contributed by atoms with Crippen LogP contribution in [0.1, 0.15) is 56.1 Å². The molecule has 0 bridgehead atoms. The third kappa shape index (κ3) is 3.35. The van der Waals surface area contributed by atoms with E-state index in [1.54, 1.807) is 12.1 Å². The van der Waals surface area contributed by atoms with Crippen molar-refractivity contribution < 1.29 is 40.1 Å². The fraction of sp³-hybridized carbons (Fsp3) is 0.750. The summed E-state index contributed by atoms with van der Waals surface area (Å²) in [5.74, 6) is 1.41. The smallest absolute Gasteiger partial charge is 0.229 e. The SMILES string of the molecule is C[C@]12CC[C@@H]3c4cc(O)c(O[C@H]5O[C@H](CO)[C@@H](O)[C@H](O)[C@H]5O)cc4CC[C@H]3[C@@H]1CCC2O. The summed E-state index contributed by atoms with van der Waals surface area (Å²) in [6, 6.07) is 3.53. The van der Waals surface area contributed by atoms with Crippen molar-refractivity contribution in [3.8, 4) is 11.5 Å². The molecule has 3 fully saturated rings. The third-order valence-electron chi connectivity index (χ3n) is 8.85. The number of ether oxygens (including phenoxy) is 2. The Hall–Kier alpha value is -1.42. The van der Waals surface area contributed by atoms with Crippen molar-refractivity contribution in [1.82, 2.24) is 0 Å². The highest BCUT2D eigenvalue weighted by molar-refractivity contribution is 5.49. The van der Waals surface area contributed by atoms with Crippen molar-refractivity contribution in [2.75, 3.05) is 6.61 Å². The quantitative estimate of drug-likeness (QED) is 0.397. The molecule has 1 aromatic rings. The lowest BCUT2D eigenvalue weighted by molar-refractivity contribution is -0.277. The summed E-state index contributed by atoms with van der Waals surface area (Å²) in [6.45, 7) is 1.69. The topological polar surface area (TPSA) is 140 Å². The average Bonchev–Trinajstić information content (AvgIpc) is 3.09. The molecule has 8 heteroatoms. The predicted octanol–water partition coefficient (Wildman–Crippen LogP) is 0.788. The molecule has 1 unspecified atom stereocenters. The molecule has 0 amide bonds. The van der Waals surface area contributed by atoms with E-state index in [0.29, 0.717) is 17.8 Å². The van der Waals surface area contributed by atoms with Crippen LogP contribution in [0.2, 0.25) is 0 Å². The number of phenols is 1. The van der Waals surface area contributed by atoms with Gasteiger partial charge in [-0.1, -0.05) is 6.92 Å². The zero-order chi connectivity index (χ0) is 22.8. The van der Waals surface area contributed by atoms with Crippen molar-refractivity contribution in [1.29, 1.82) is 0 Å². The molecule has 10 atom stereocenters. The van der Waals surface area contributed by atoms with E-state index >= 15 is 0 Å². The van der Waals surface area contributed by atoms with Gasteiger partial charge in [0, 0.05) is 0 Å². The number of hydrogen-bond acceptors (Lipinski definition) is 8. The number of hydrogen-bond donors (Lipinski definition) is 6. The highest BCUT2D eigenvalue weighted by atomic mass is 16.7. The monoisotopic (exact) mass is 450 g/mol. The number of aryl methyl sites for hydroxylation is 1. The van der Waals surface area contributed by atoms with E-state index in [9.17, 15) is 30.6 Å². The largest absolute Gasteiger partial charge is 0.504 e. The third-order valence-corrected chi connectivity index (χ3v) is 8.85. The minimum atomic E-state index is -1.54. The van der Waals surface area contributed by atoms with Gasteiger partial charge >= 0.3 is 0 Å². The van der Waals surface area contributed by atoms with Crippen LogP contribution < -0.4 is 4.74 Å². The van der Waals surface area contributed by atoms with Gasteiger partial charge in [-0.25, -0.2) is 0 Å². The van der Waals surface area contributed by atoms with Gasteiger partial charge in [-0.3, -0.25) is 0 Å². The molecule has 0 aromatic heterocycles. The molecule has 1 aromatic carbocycles. The molecule has 1 aliphatic heterocycles. The van der Waals surface area contributed by atoms with E-state index in [0.717, 1.165) is 49.7 Å². The second kappa shape index (κ2) is 8.11. The Bertz CT molecular complexity index is 859. The Morgan fingerprint density at radius 1 is 1.03 bits per heavy atom. The molecular weight excluding hydrogens is 416 g/mol. The first kappa shape index (κ1) is 22.4. The molecule has 6 N–H and O–H groups in total. The molecule has 8 nitrogen and oxygen atoms in total. The van der Waals surface area contributed by atoms with E-state index in [4.69, 9.17) is 9.47 Å². The number of aromatic hydroxyl groups is 1. The van der Waals surface area contributed by atoms with E-state index in [-0.39, 0.29) is 23.0 Å². The van der Waals surface area contributed by atoms with Gasteiger partial charge in [-0.2, -0.15) is 0 Å². The molecule has 2 saturated carbocycles. The van der Waals surface area contributed by atoms with Gasteiger partial charge in [0.25, 0.3) is 0 Å². The Morgan fingerprint density at radius 2 is 1.81 bits per heavy atom. The van der Waals surface area contributed by atoms with Gasteiger partial charge in [-0.05, 0) is 85.0 Å². The first-order chi connectivity index (χ1) is 15.2. The molecule has 178 valence electrons. The van der Waals surface area contributed by atoms with Crippen LogP contribution in [-0.2, 0) is 11.2 Å². The zero-order valence-corrected chi connectivity index (χ0v) is 18.3. The maximum Gasteiger partial charge on any atom is 0.229 e. The van der Waals surface area contributed by atoms with Crippen LogP contribution in [0.25, 0.3) is 0 Å². The van der Waals surface area contributed by atoms with Gasteiger partial charge < -0.3 is 40.1 Å². The minimum Gasteiger partial charge on any atom is -0.504 e. The number of fused-ring (bicyclic) bond motifs is 5. The lowest BCUT2D eigenvalue weighted by Gasteiger charge is -2.50. The van der Waals surface area contributed by atoms with Crippen LogP contribution in [0.3, 0.4) is 0 Å². The van der Waals surface area contributed by atoms with Gasteiger partial charge in [0.1, 0.15) is 24.4 Å². The molecule has 5 rings (SSSR count). The number of benzene rings is 1. The highest BCUT2D eigenvalue weighted by Crippen LogP contribution is 2.61. The van der Waals surface area contributed by atoms with Crippen molar-refractivity contribution in [2.24, 2.45) is 17.3 Å². The van der Waals surface area contributed by atoms with Crippen LogP contribution in [-0.4, -0.2) is 74.1 Å². The highest BCUT2D eigenvalue weighted by Gasteiger charge is 2.54. The second-order valence-electron chi connectivity index (χ2n) is 10.4. The summed E-state index contributed by atoms with van der Waals surface area (Å²) in [7, 11) is 0. The molecule has 3 aliphatic carbocycles. The predicted molar refractivity (Wildman–Crippen MR) is 113 cm³/mol. The van der Waals surface area contributed by atoms with Crippen LogP contribution in [0.4, 0.5) is 0 Å². The first-order valence-corrected chi connectivity index (χ1v) is 11.8. The van der Waals surface area contributed by atoms with Crippen LogP contribution in [0, 0.1) is 17.3 Å². The summed E-state index contributed by atoms with van der Waals surface area (Å²) in [6.07, 6.45) is -1.42. The second-order valence-corrected chi connectivity index (χ2v) is 10.4. The van der Waals surface area contributed by atoms with Crippen molar-refractivity contribution in [2.45, 2.75) is 88.2 Å². The summed E-state index contributed by atoms with van der Waals surface area (Å²) in [5, 5.41) is 60.9. The maximum atomic E-state index is 10.7. The number of phenolic OH excluding ortho intramolecular Hbond substituents is 1. The Labute approximate surface area is 187 Å². The van der Waals surface area contributed by atoms with E-state index in [1.165, 1.54) is 0 Å². The van der Waals surface area contributed by atoms with Gasteiger partial charge in [0.05, 0.1) is 12.7 Å². The summed E-state index contributed by atoms with van der Waals surface area (Å²) in [4.78, 5) is 0. The molecular formula is C24H34O8. The number of rotatable bonds is 3. The molecule has 32 heavy (non-hydrogen) atoms. The standard InChI is InChI=1S/C24H34O8/c1-24-7-6-12-13(15(24)4-5-19(24)27)3-2-11-8-17(16(26)9-14(11)12)31-23-22(30)21(29)20(28)18(10-25)32-23/h8-9,12-13,15,18-23,25-30H,2-7,10H2,1H3/t12-,13+,15-,18+,19?,20+,21-,22+,23-,24-/m0/s1. The molecule has 0 spiro atoms. The molecule has 1 heterocycles. The molecule has 4 aliphatic rings. The van der Waals surface area contributed by atoms with E-state index < -0.39 is 37.3 Å². The maximum absolute atomic E-state index is 10.7. The minimum absolute atomic E-state index is 0.00707. The molecule has 1 saturated heterocycles. The Kier molecular flexibility index (Phi) is 5.67. The van der Waals surface area contributed by atoms with Crippen molar-refractivity contribution in [3.05, 3.63) is 23.3 Å². The lowest BCUT2D eigenvalue weighted by atomic mass is 9.55. The van der Waals surface area contributed by atoms with Crippen molar-refractivity contribution in [3.63, 3.8) is 0 Å². The fourth-order valence-electron chi connectivity index (χ4n) is 6.94. The lowest BCUT2D eigenvalue weighted by Crippen LogP contribution is -2.60. The van der Waals surface area contributed by atoms with E-state index in [2.05, 4.69) is 6.92 Å². The Morgan fingerprint density at radius 3 is 2.56 bits per heavy atom. The molecule has 0 radical (unpaired) electrons. The summed E-state index contributed by atoms with van der Waals surface area (Å²) >= 11 is 0. The van der Waals surface area contributed by atoms with Gasteiger partial charge in [0.2, 0.25) is 6.29 Å².